The zero-order chi connectivity index (χ0) is 29.2. The lowest BCUT2D eigenvalue weighted by Crippen LogP contribution is -2.47. The van der Waals surface area contributed by atoms with Crippen LogP contribution in [0.15, 0.2) is 66.9 Å². The van der Waals surface area contributed by atoms with Crippen LogP contribution in [0.1, 0.15) is 91.3 Å². The summed E-state index contributed by atoms with van der Waals surface area (Å²) in [6.07, 6.45) is 9.54. The minimum absolute atomic E-state index is 0.000857. The zero-order valence-electron chi connectivity index (χ0n) is 24.9. The normalized spacial score (nSPS) is 14.3. The van der Waals surface area contributed by atoms with E-state index in [2.05, 4.69) is 48.9 Å². The number of rotatable bonds is 13. The quantitative estimate of drug-likeness (QED) is 0.224. The van der Waals surface area contributed by atoms with Gasteiger partial charge in [0.05, 0.1) is 5.56 Å². The molecule has 218 valence electrons. The Labute approximate surface area is 245 Å². The van der Waals surface area contributed by atoms with Crippen LogP contribution < -0.4 is 0 Å². The molecule has 2 aromatic carbocycles. The van der Waals surface area contributed by atoms with Gasteiger partial charge in [-0.2, -0.15) is 0 Å². The number of aromatic nitrogens is 1. The third-order valence-electron chi connectivity index (χ3n) is 8.17. The van der Waals surface area contributed by atoms with Gasteiger partial charge in [-0.15, -0.1) is 0 Å². The standard InChI is InChI=1S/C35H45N3O3/c1-4-5-6-7-27-10-17-33(36-24-27)34(39)38(32-19-22-37(23-20-32)21-18-26(2)3)25-28-8-11-29(12-9-28)30-13-15-31(16-14-30)35(40)41/h8-17,24,26,32H,4-7,18-23,25H2,1-3H3,(H,40,41). The van der Waals surface area contributed by atoms with Crippen molar-refractivity contribution in [3.63, 3.8) is 0 Å². The summed E-state index contributed by atoms with van der Waals surface area (Å²) in [5.41, 5.74) is 5.03. The van der Waals surface area contributed by atoms with Crippen molar-refractivity contribution in [1.29, 1.82) is 0 Å². The summed E-state index contributed by atoms with van der Waals surface area (Å²) in [5.74, 6) is -0.234. The average Bonchev–Trinajstić information content (AvgIpc) is 3.00. The minimum Gasteiger partial charge on any atom is -0.478 e. The topological polar surface area (TPSA) is 73.7 Å². The van der Waals surface area contributed by atoms with Crippen LogP contribution in [0.4, 0.5) is 0 Å². The van der Waals surface area contributed by atoms with Gasteiger partial charge in [0.2, 0.25) is 0 Å². The van der Waals surface area contributed by atoms with Crippen molar-refractivity contribution in [2.75, 3.05) is 19.6 Å². The van der Waals surface area contributed by atoms with Crippen LogP contribution in [-0.2, 0) is 13.0 Å². The molecular weight excluding hydrogens is 510 g/mol. The van der Waals surface area contributed by atoms with E-state index in [-0.39, 0.29) is 17.5 Å². The van der Waals surface area contributed by atoms with Crippen LogP contribution in [-0.4, -0.2) is 57.4 Å². The van der Waals surface area contributed by atoms with Crippen molar-refractivity contribution in [1.82, 2.24) is 14.8 Å². The lowest BCUT2D eigenvalue weighted by Gasteiger charge is -2.38. The monoisotopic (exact) mass is 555 g/mol. The first-order chi connectivity index (χ1) is 19.8. The molecule has 2 heterocycles. The Balaban J connectivity index is 1.49. The average molecular weight is 556 g/mol. The highest BCUT2D eigenvalue weighted by Gasteiger charge is 2.29. The molecule has 1 fully saturated rings. The summed E-state index contributed by atoms with van der Waals surface area (Å²) in [7, 11) is 0. The van der Waals surface area contributed by atoms with Crippen molar-refractivity contribution in [2.45, 2.75) is 78.3 Å². The second-order valence-corrected chi connectivity index (χ2v) is 11.8. The van der Waals surface area contributed by atoms with Gasteiger partial charge in [0.15, 0.2) is 0 Å². The number of unbranched alkanes of at least 4 members (excludes halogenated alkanes) is 2. The lowest BCUT2D eigenvalue weighted by molar-refractivity contribution is 0.0540. The van der Waals surface area contributed by atoms with Crippen LogP contribution in [0.5, 0.6) is 0 Å². The van der Waals surface area contributed by atoms with Crippen LogP contribution in [0.25, 0.3) is 11.1 Å². The van der Waals surface area contributed by atoms with E-state index in [9.17, 15) is 14.7 Å². The van der Waals surface area contributed by atoms with E-state index in [4.69, 9.17) is 0 Å². The molecule has 1 aliphatic heterocycles. The van der Waals surface area contributed by atoms with Gasteiger partial charge >= 0.3 is 5.97 Å². The van der Waals surface area contributed by atoms with Gasteiger partial charge in [-0.05, 0) is 85.0 Å². The molecule has 1 amide bonds. The summed E-state index contributed by atoms with van der Waals surface area (Å²) in [6, 6.07) is 19.3. The maximum Gasteiger partial charge on any atom is 0.335 e. The molecule has 41 heavy (non-hydrogen) atoms. The smallest absolute Gasteiger partial charge is 0.335 e. The fourth-order valence-corrected chi connectivity index (χ4v) is 5.49. The van der Waals surface area contributed by atoms with Crippen molar-refractivity contribution < 1.29 is 14.7 Å². The van der Waals surface area contributed by atoms with Crippen LogP contribution in [0.3, 0.4) is 0 Å². The van der Waals surface area contributed by atoms with Gasteiger partial charge in [-0.3, -0.25) is 9.78 Å². The number of aromatic carboxylic acids is 1. The first kappa shape index (κ1) is 30.4. The third-order valence-corrected chi connectivity index (χ3v) is 8.17. The van der Waals surface area contributed by atoms with Gasteiger partial charge < -0.3 is 14.9 Å². The number of piperidine rings is 1. The Morgan fingerprint density at radius 1 is 0.927 bits per heavy atom. The fraction of sp³-hybridized carbons (Fsp3) is 0.457. The van der Waals surface area contributed by atoms with Gasteiger partial charge in [-0.25, -0.2) is 4.79 Å². The highest BCUT2D eigenvalue weighted by atomic mass is 16.4. The summed E-state index contributed by atoms with van der Waals surface area (Å²) in [4.78, 5) is 34.3. The summed E-state index contributed by atoms with van der Waals surface area (Å²) >= 11 is 0. The Morgan fingerprint density at radius 2 is 1.56 bits per heavy atom. The predicted molar refractivity (Wildman–Crippen MR) is 165 cm³/mol. The minimum atomic E-state index is -0.928. The molecule has 1 aliphatic rings. The molecule has 1 N–H and O–H groups in total. The number of likely N-dealkylation sites (tertiary alicyclic amines) is 1. The number of hydrogen-bond donors (Lipinski definition) is 1. The zero-order valence-corrected chi connectivity index (χ0v) is 24.9. The molecule has 4 rings (SSSR count). The molecule has 0 unspecified atom stereocenters. The number of pyridine rings is 1. The second kappa shape index (κ2) is 14.9. The van der Waals surface area contributed by atoms with Crippen LogP contribution in [0.2, 0.25) is 0 Å². The molecule has 1 saturated heterocycles. The molecule has 3 aromatic rings. The lowest BCUT2D eigenvalue weighted by atomic mass is 9.99. The van der Waals surface area contributed by atoms with E-state index in [1.807, 2.05) is 41.4 Å². The number of benzene rings is 2. The summed E-state index contributed by atoms with van der Waals surface area (Å²) < 4.78 is 0. The maximum atomic E-state index is 13.9. The van der Waals surface area contributed by atoms with Crippen molar-refractivity contribution in [3.8, 4) is 11.1 Å². The number of carboxylic acid groups (broad SMARTS) is 1. The Morgan fingerprint density at radius 3 is 2.12 bits per heavy atom. The SMILES string of the molecule is CCCCCc1ccc(C(=O)N(Cc2ccc(-c3ccc(C(=O)O)cc3)cc2)C2CCN(CCC(C)C)CC2)nc1. The third kappa shape index (κ3) is 8.74. The fourth-order valence-electron chi connectivity index (χ4n) is 5.49. The molecule has 0 aliphatic carbocycles. The first-order valence-electron chi connectivity index (χ1n) is 15.2. The van der Waals surface area contributed by atoms with Crippen LogP contribution in [0, 0.1) is 5.92 Å². The predicted octanol–water partition coefficient (Wildman–Crippen LogP) is 7.33. The Hall–Kier alpha value is -3.51. The molecule has 1 aromatic heterocycles. The van der Waals surface area contributed by atoms with Crippen molar-refractivity contribution in [3.05, 3.63) is 89.2 Å². The van der Waals surface area contributed by atoms with E-state index in [1.54, 1.807) is 12.1 Å². The molecule has 0 saturated carbocycles. The number of nitrogens with zero attached hydrogens (tertiary/aromatic N) is 3. The van der Waals surface area contributed by atoms with Gasteiger partial charge in [0.1, 0.15) is 5.69 Å². The largest absolute Gasteiger partial charge is 0.478 e. The summed E-state index contributed by atoms with van der Waals surface area (Å²) in [5, 5.41) is 9.18. The number of hydrogen-bond acceptors (Lipinski definition) is 4. The maximum absolute atomic E-state index is 13.9. The molecule has 6 nitrogen and oxygen atoms in total. The number of amides is 1. The number of aryl methyl sites for hydroxylation is 1. The van der Waals surface area contributed by atoms with E-state index in [0.29, 0.717) is 18.2 Å². The Kier molecular flexibility index (Phi) is 11.1. The molecule has 0 spiro atoms. The van der Waals surface area contributed by atoms with E-state index >= 15 is 0 Å². The highest BCUT2D eigenvalue weighted by molar-refractivity contribution is 5.92. The first-order valence-corrected chi connectivity index (χ1v) is 15.2. The summed E-state index contributed by atoms with van der Waals surface area (Å²) in [6.45, 7) is 10.4. The molecule has 0 bridgehead atoms. The second-order valence-electron chi connectivity index (χ2n) is 11.8. The molecule has 0 atom stereocenters. The van der Waals surface area contributed by atoms with E-state index in [0.717, 1.165) is 62.0 Å². The van der Waals surface area contributed by atoms with Crippen molar-refractivity contribution >= 4 is 11.9 Å². The molecule has 6 heteroatoms. The van der Waals surface area contributed by atoms with E-state index in [1.165, 1.54) is 24.8 Å². The van der Waals surface area contributed by atoms with Crippen molar-refractivity contribution in [2.24, 2.45) is 5.92 Å². The highest BCUT2D eigenvalue weighted by Crippen LogP contribution is 2.25. The number of carbonyl (C=O) groups excluding carboxylic acids is 1. The van der Waals surface area contributed by atoms with Gasteiger partial charge in [0, 0.05) is 31.9 Å². The van der Waals surface area contributed by atoms with Gasteiger partial charge in [-0.1, -0.05) is 76.1 Å². The van der Waals surface area contributed by atoms with E-state index < -0.39 is 5.97 Å². The number of carbonyl (C=O) groups is 2. The van der Waals surface area contributed by atoms with Crippen LogP contribution >= 0.6 is 0 Å². The molecule has 0 radical (unpaired) electrons. The molecular formula is C35H45N3O3. The Bertz CT molecular complexity index is 1250. The number of carboxylic acids is 1. The van der Waals surface area contributed by atoms with Gasteiger partial charge in [0.25, 0.3) is 5.91 Å².